The summed E-state index contributed by atoms with van der Waals surface area (Å²) in [6, 6.07) is 41.6. The molecule has 0 saturated carbocycles. The van der Waals surface area contributed by atoms with E-state index in [9.17, 15) is 0 Å². The minimum Gasteiger partial charge on any atom is -1.00 e. The molecule has 0 amide bonds. The molecule has 4 atom stereocenters. The number of halogens is 2. The summed E-state index contributed by atoms with van der Waals surface area (Å²) in [6.07, 6.45) is 18.7. The summed E-state index contributed by atoms with van der Waals surface area (Å²) in [7, 11) is 0. The van der Waals surface area contributed by atoms with Crippen LogP contribution in [0.4, 0.5) is 0 Å². The molecule has 296 valence electrons. The Morgan fingerprint density at radius 1 is 0.397 bits per heavy atom. The summed E-state index contributed by atoms with van der Waals surface area (Å²) in [5.41, 5.74) is 18.8. The maximum absolute atomic E-state index is 4.15. The Bertz CT molecular complexity index is 1950. The molecule has 0 fully saturated rings. The molecular weight excluding hydrogens is 1110 g/mol. The van der Waals surface area contributed by atoms with Crippen LogP contribution in [0.5, 0.6) is 0 Å². The summed E-state index contributed by atoms with van der Waals surface area (Å²) in [6.45, 7) is 26.2. The summed E-state index contributed by atoms with van der Waals surface area (Å²) >= 11 is -4.42. The normalized spacial score (nSPS) is 19.0. The molecule has 0 heterocycles. The molecule has 8 rings (SSSR count). The van der Waals surface area contributed by atoms with Crippen LogP contribution in [0.3, 0.4) is 0 Å². The zero-order valence-electron chi connectivity index (χ0n) is 34.7. The number of hydrogen-bond donors (Lipinski definition) is 0. The Kier molecular flexibility index (Phi) is 17.2. The van der Waals surface area contributed by atoms with Crippen molar-refractivity contribution in [2.75, 3.05) is 0 Å². The van der Waals surface area contributed by atoms with Gasteiger partial charge in [-0.1, -0.05) is 0 Å². The summed E-state index contributed by atoms with van der Waals surface area (Å²) in [5.74, 6) is -1.91. The molecule has 0 aromatic heterocycles. The summed E-state index contributed by atoms with van der Waals surface area (Å²) in [4.78, 5) is 0. The van der Waals surface area contributed by atoms with E-state index in [4.69, 9.17) is 0 Å². The van der Waals surface area contributed by atoms with Crippen LogP contribution < -0.4 is 24.8 Å². The molecule has 0 nitrogen and oxygen atoms in total. The number of rotatable bonds is 14. The predicted octanol–water partition coefficient (Wildman–Crippen LogP) is 8.04. The molecular formula is C52H58Cl2Hf2Si2. The van der Waals surface area contributed by atoms with Gasteiger partial charge < -0.3 is 24.8 Å². The van der Waals surface area contributed by atoms with Gasteiger partial charge in [-0.05, 0) is 0 Å². The standard InChI is InChI=1S/4C10H9.2C6H11Si.2ClH.2Hf/c4*1-8-6-9-4-2-3-5-10(9)7-8;2*1-3-5-7-6-4-2;;;;/h4*2-7H,1H3;2*3-4,7H,1-2,5-6H2;2*1H;;/q;;;;;;;;2*+1/p-2. The average molecular weight is 1170 g/mol. The van der Waals surface area contributed by atoms with E-state index in [1.165, 1.54) is 46.4 Å². The SMILES string of the molecule is C=CC[SiH](CC=C)[Hf+]([CH]1C(C)=Cc2ccccc21)[CH]1C(C)=Cc2ccccc21.C=CC[SiH](CC=C)[Hf+]([CH]1C(C)=Cc2ccccc21)[CH]1C(C)=Cc2ccccc21.[Cl-].[Cl-]. The molecule has 4 aromatic carbocycles. The smallest absolute Gasteiger partial charge is 1.00 e. The second-order valence-corrected chi connectivity index (χ2v) is 65.0. The van der Waals surface area contributed by atoms with E-state index < -0.39 is 53.2 Å². The first-order valence-corrected chi connectivity index (χ1v) is 45.7. The van der Waals surface area contributed by atoms with Crippen LogP contribution in [-0.4, -0.2) is 12.0 Å². The van der Waals surface area contributed by atoms with Gasteiger partial charge in [0.2, 0.25) is 0 Å². The molecule has 6 heteroatoms. The second kappa shape index (κ2) is 21.4. The van der Waals surface area contributed by atoms with Crippen molar-refractivity contribution >= 4 is 36.3 Å². The van der Waals surface area contributed by atoms with Crippen molar-refractivity contribution in [3.05, 3.63) is 214 Å². The van der Waals surface area contributed by atoms with Crippen LogP contribution in [0, 0.1) is 0 Å². The first-order valence-electron chi connectivity index (χ1n) is 20.6. The van der Waals surface area contributed by atoms with Crippen molar-refractivity contribution in [1.82, 2.24) is 0 Å². The van der Waals surface area contributed by atoms with E-state index >= 15 is 0 Å². The minimum absolute atomic E-state index is 0. The van der Waals surface area contributed by atoms with Crippen molar-refractivity contribution in [3.8, 4) is 0 Å². The largest absolute Gasteiger partial charge is 1.00 e. The van der Waals surface area contributed by atoms with Crippen molar-refractivity contribution in [2.45, 2.75) is 66.6 Å². The molecule has 58 heavy (non-hydrogen) atoms. The molecule has 0 saturated heterocycles. The van der Waals surface area contributed by atoms with Gasteiger partial charge in [-0.15, -0.1) is 0 Å². The van der Waals surface area contributed by atoms with E-state index in [0.29, 0.717) is 0 Å². The Labute approximate surface area is 379 Å². The fourth-order valence-electron chi connectivity index (χ4n) is 10.5. The molecule has 0 bridgehead atoms. The van der Waals surface area contributed by atoms with Gasteiger partial charge in [0.05, 0.1) is 0 Å². The van der Waals surface area contributed by atoms with Gasteiger partial charge in [0.25, 0.3) is 0 Å². The fraction of sp³-hybridized carbons (Fsp3) is 0.231. The third-order valence-electron chi connectivity index (χ3n) is 12.7. The maximum atomic E-state index is 4.15. The van der Waals surface area contributed by atoms with Gasteiger partial charge in [-0.3, -0.25) is 0 Å². The van der Waals surface area contributed by atoms with E-state index in [-0.39, 0.29) is 24.8 Å². The van der Waals surface area contributed by atoms with Crippen LogP contribution in [0.15, 0.2) is 170 Å². The van der Waals surface area contributed by atoms with Crippen LogP contribution in [0.2, 0.25) is 24.2 Å². The van der Waals surface area contributed by atoms with E-state index in [2.05, 4.69) is 200 Å². The monoisotopic (exact) mass is 1170 g/mol. The van der Waals surface area contributed by atoms with Gasteiger partial charge in [-0.25, -0.2) is 0 Å². The molecule has 0 radical (unpaired) electrons. The molecule has 4 aromatic rings. The quantitative estimate of drug-likeness (QED) is 0.0888. The van der Waals surface area contributed by atoms with Crippen LogP contribution in [0.25, 0.3) is 24.3 Å². The molecule has 0 aliphatic heterocycles. The van der Waals surface area contributed by atoms with Crippen molar-refractivity contribution in [2.24, 2.45) is 0 Å². The van der Waals surface area contributed by atoms with E-state index in [1.54, 1.807) is 44.5 Å². The van der Waals surface area contributed by atoms with Gasteiger partial charge in [0.1, 0.15) is 0 Å². The van der Waals surface area contributed by atoms with Gasteiger partial charge in [0.15, 0.2) is 0 Å². The molecule has 0 N–H and O–H groups in total. The number of allylic oxidation sites excluding steroid dienone is 8. The van der Waals surface area contributed by atoms with Crippen LogP contribution in [0.1, 0.15) is 86.9 Å². The van der Waals surface area contributed by atoms with Gasteiger partial charge in [-0.2, -0.15) is 0 Å². The van der Waals surface area contributed by atoms with Crippen molar-refractivity contribution in [1.29, 1.82) is 0 Å². The molecule has 4 unspecified atom stereocenters. The Morgan fingerprint density at radius 2 is 0.603 bits per heavy atom. The fourth-order valence-corrected chi connectivity index (χ4v) is 89.3. The van der Waals surface area contributed by atoms with Gasteiger partial charge >= 0.3 is 359 Å². The van der Waals surface area contributed by atoms with Crippen molar-refractivity contribution in [3.63, 3.8) is 0 Å². The molecule has 0 spiro atoms. The number of hydrogen-bond acceptors (Lipinski definition) is 0. The third kappa shape index (κ3) is 9.38. The first-order chi connectivity index (χ1) is 27.3. The second-order valence-electron chi connectivity index (χ2n) is 16.3. The summed E-state index contributed by atoms with van der Waals surface area (Å²) < 4.78 is 2.88. The van der Waals surface area contributed by atoms with Crippen LogP contribution in [-0.2, 0) is 41.2 Å². The van der Waals surface area contributed by atoms with Crippen molar-refractivity contribution < 1.29 is 66.0 Å². The Morgan fingerprint density at radius 3 is 0.810 bits per heavy atom. The topological polar surface area (TPSA) is 0 Å². The average Bonchev–Trinajstić information content (AvgIpc) is 3.92. The predicted molar refractivity (Wildman–Crippen MR) is 246 cm³/mol. The maximum Gasteiger partial charge on any atom is -1.00 e. The zero-order valence-corrected chi connectivity index (χ0v) is 45.7. The minimum atomic E-state index is -2.21. The van der Waals surface area contributed by atoms with E-state index in [1.807, 2.05) is 0 Å². The summed E-state index contributed by atoms with van der Waals surface area (Å²) in [5, 5.41) is 0. The molecule has 4 aliphatic rings. The molecule has 4 aliphatic carbocycles. The zero-order chi connectivity index (χ0) is 39.3. The first kappa shape index (κ1) is 46.6. The Hall–Kier alpha value is -2.45. The van der Waals surface area contributed by atoms with E-state index in [0.717, 1.165) is 14.7 Å². The number of benzene rings is 4. The third-order valence-corrected chi connectivity index (χ3v) is 80.2. The van der Waals surface area contributed by atoms with Crippen LogP contribution >= 0.6 is 0 Å². The number of fused-ring (bicyclic) bond motifs is 4. The Balaban J connectivity index is 0.000000214. The van der Waals surface area contributed by atoms with Gasteiger partial charge in [0, 0.05) is 0 Å².